The molecule has 0 radical (unpaired) electrons. The second-order valence-electron chi connectivity index (χ2n) is 4.09. The number of thioether (sulfide) groups is 1. The maximum Gasteiger partial charge on any atom is 0.0315 e. The molecule has 0 aliphatic carbocycles. The number of hydrogen-bond acceptors (Lipinski definition) is 3. The minimum absolute atomic E-state index is 0.419. The topological polar surface area (TPSA) is 24.9 Å². The van der Waals surface area contributed by atoms with Crippen LogP contribution in [0.1, 0.15) is 31.4 Å². The van der Waals surface area contributed by atoms with Crippen LogP contribution in [0.5, 0.6) is 0 Å². The Bertz CT molecular complexity index is 283. The number of nitrogens with zero attached hydrogens (tertiary/aromatic N) is 1. The lowest BCUT2D eigenvalue weighted by Gasteiger charge is -2.26. The lowest BCUT2D eigenvalue weighted by atomic mass is 10.1. The molecule has 1 fully saturated rings. The minimum atomic E-state index is 0.419. The molecule has 2 atom stereocenters. The Labute approximate surface area is 95.9 Å². The molecule has 1 aromatic rings. The van der Waals surface area contributed by atoms with E-state index in [4.69, 9.17) is 0 Å². The van der Waals surface area contributed by atoms with Gasteiger partial charge in [-0.05, 0) is 37.1 Å². The number of hydrogen-bond donors (Lipinski definition) is 1. The largest absolute Gasteiger partial charge is 0.307 e. The van der Waals surface area contributed by atoms with Crippen LogP contribution in [0.3, 0.4) is 0 Å². The summed E-state index contributed by atoms with van der Waals surface area (Å²) in [5, 5.41) is 3.67. The van der Waals surface area contributed by atoms with Crippen LogP contribution < -0.4 is 5.32 Å². The summed E-state index contributed by atoms with van der Waals surface area (Å²) in [6.45, 7) is 2.22. The second-order valence-corrected chi connectivity index (χ2v) is 5.24. The van der Waals surface area contributed by atoms with E-state index >= 15 is 0 Å². The molecule has 0 bridgehead atoms. The predicted molar refractivity (Wildman–Crippen MR) is 66.1 cm³/mol. The molecule has 1 unspecified atom stereocenters. The van der Waals surface area contributed by atoms with Crippen LogP contribution in [-0.4, -0.2) is 22.5 Å². The van der Waals surface area contributed by atoms with E-state index in [1.165, 1.54) is 29.9 Å². The van der Waals surface area contributed by atoms with E-state index in [1.807, 2.05) is 18.5 Å². The summed E-state index contributed by atoms with van der Waals surface area (Å²) in [7, 11) is 0. The van der Waals surface area contributed by atoms with Crippen molar-refractivity contribution in [2.24, 2.45) is 0 Å². The van der Waals surface area contributed by atoms with Crippen LogP contribution in [0.2, 0.25) is 0 Å². The first-order valence-corrected chi connectivity index (χ1v) is 6.75. The first-order chi connectivity index (χ1) is 7.36. The van der Waals surface area contributed by atoms with E-state index in [2.05, 4.69) is 35.1 Å². The van der Waals surface area contributed by atoms with Crippen molar-refractivity contribution in [2.45, 2.75) is 31.8 Å². The Balaban J connectivity index is 1.88. The van der Waals surface area contributed by atoms with Crippen molar-refractivity contribution in [1.29, 1.82) is 0 Å². The molecule has 82 valence electrons. The first-order valence-electron chi connectivity index (χ1n) is 5.60. The zero-order chi connectivity index (χ0) is 10.5. The SMILES string of the molecule is C[C@H](NC1CCCSC1)c1cccnc1. The maximum absolute atomic E-state index is 4.15. The third kappa shape index (κ3) is 3.21. The van der Waals surface area contributed by atoms with Gasteiger partial charge >= 0.3 is 0 Å². The molecular formula is C12H18N2S. The van der Waals surface area contributed by atoms with Crippen molar-refractivity contribution in [1.82, 2.24) is 10.3 Å². The van der Waals surface area contributed by atoms with Gasteiger partial charge in [-0.25, -0.2) is 0 Å². The quantitative estimate of drug-likeness (QED) is 0.851. The fourth-order valence-corrected chi connectivity index (χ4v) is 3.04. The van der Waals surface area contributed by atoms with E-state index in [9.17, 15) is 0 Å². The van der Waals surface area contributed by atoms with Crippen molar-refractivity contribution >= 4 is 11.8 Å². The average Bonchev–Trinajstić information content (AvgIpc) is 2.31. The van der Waals surface area contributed by atoms with Gasteiger partial charge in [-0.3, -0.25) is 4.98 Å². The lowest BCUT2D eigenvalue weighted by molar-refractivity contribution is 0.452. The molecule has 0 aromatic carbocycles. The molecule has 2 nitrogen and oxygen atoms in total. The highest BCUT2D eigenvalue weighted by molar-refractivity contribution is 7.99. The van der Waals surface area contributed by atoms with Crippen LogP contribution in [0.4, 0.5) is 0 Å². The summed E-state index contributed by atoms with van der Waals surface area (Å²) >= 11 is 2.06. The zero-order valence-corrected chi connectivity index (χ0v) is 9.96. The number of aromatic nitrogens is 1. The van der Waals surface area contributed by atoms with Crippen molar-refractivity contribution in [3.8, 4) is 0 Å². The Kier molecular flexibility index (Phi) is 4.03. The van der Waals surface area contributed by atoms with Crippen LogP contribution in [0.25, 0.3) is 0 Å². The number of rotatable bonds is 3. The Morgan fingerprint density at radius 1 is 1.60 bits per heavy atom. The van der Waals surface area contributed by atoms with Gasteiger partial charge in [0.2, 0.25) is 0 Å². The summed E-state index contributed by atoms with van der Waals surface area (Å²) < 4.78 is 0. The third-order valence-electron chi connectivity index (χ3n) is 2.83. The normalized spacial score (nSPS) is 23.7. The summed E-state index contributed by atoms with van der Waals surface area (Å²) in [6.07, 6.45) is 6.44. The van der Waals surface area contributed by atoms with Gasteiger partial charge in [-0.1, -0.05) is 6.07 Å². The van der Waals surface area contributed by atoms with Gasteiger partial charge in [0.05, 0.1) is 0 Å². The van der Waals surface area contributed by atoms with Crippen molar-refractivity contribution in [2.75, 3.05) is 11.5 Å². The first kappa shape index (κ1) is 11.0. The smallest absolute Gasteiger partial charge is 0.0315 e. The molecule has 1 aliphatic heterocycles. The molecule has 2 rings (SSSR count). The van der Waals surface area contributed by atoms with E-state index in [0.29, 0.717) is 12.1 Å². The summed E-state index contributed by atoms with van der Waals surface area (Å²) in [5.74, 6) is 2.59. The Hall–Kier alpha value is -0.540. The molecule has 0 amide bonds. The molecule has 0 saturated carbocycles. The predicted octanol–water partition coefficient (Wildman–Crippen LogP) is 2.63. The summed E-state index contributed by atoms with van der Waals surface area (Å²) in [6, 6.07) is 5.24. The van der Waals surface area contributed by atoms with Crippen LogP contribution in [-0.2, 0) is 0 Å². The molecule has 1 aromatic heterocycles. The highest BCUT2D eigenvalue weighted by Gasteiger charge is 2.16. The van der Waals surface area contributed by atoms with Gasteiger partial charge in [0.25, 0.3) is 0 Å². The molecular weight excluding hydrogens is 204 g/mol. The molecule has 0 spiro atoms. The lowest BCUT2D eigenvalue weighted by Crippen LogP contribution is -2.35. The van der Waals surface area contributed by atoms with Crippen LogP contribution >= 0.6 is 11.8 Å². The van der Waals surface area contributed by atoms with E-state index in [0.717, 1.165) is 0 Å². The second kappa shape index (κ2) is 5.52. The molecule has 15 heavy (non-hydrogen) atoms. The third-order valence-corrected chi connectivity index (χ3v) is 4.05. The van der Waals surface area contributed by atoms with Gasteiger partial charge in [-0.15, -0.1) is 0 Å². The van der Waals surface area contributed by atoms with E-state index in [-0.39, 0.29) is 0 Å². The van der Waals surface area contributed by atoms with Crippen molar-refractivity contribution in [3.63, 3.8) is 0 Å². The molecule has 3 heteroatoms. The minimum Gasteiger partial charge on any atom is -0.307 e. The maximum atomic E-state index is 4.15. The highest BCUT2D eigenvalue weighted by Crippen LogP contribution is 2.20. The van der Waals surface area contributed by atoms with E-state index in [1.54, 1.807) is 0 Å². The van der Waals surface area contributed by atoms with Gasteiger partial charge in [0.15, 0.2) is 0 Å². The standard InChI is InChI=1S/C12H18N2S/c1-10(11-4-2-6-13-8-11)14-12-5-3-7-15-9-12/h2,4,6,8,10,12,14H,3,5,7,9H2,1H3/t10-,12?/m0/s1. The van der Waals surface area contributed by atoms with Gasteiger partial charge in [0, 0.05) is 30.2 Å². The fraction of sp³-hybridized carbons (Fsp3) is 0.583. The fourth-order valence-electron chi connectivity index (χ4n) is 1.95. The van der Waals surface area contributed by atoms with Crippen molar-refractivity contribution < 1.29 is 0 Å². The summed E-state index contributed by atoms with van der Waals surface area (Å²) in [4.78, 5) is 4.15. The van der Waals surface area contributed by atoms with Gasteiger partial charge in [-0.2, -0.15) is 11.8 Å². The molecule has 1 N–H and O–H groups in total. The Morgan fingerprint density at radius 2 is 2.53 bits per heavy atom. The zero-order valence-electron chi connectivity index (χ0n) is 9.15. The highest BCUT2D eigenvalue weighted by atomic mass is 32.2. The van der Waals surface area contributed by atoms with Crippen LogP contribution in [0, 0.1) is 0 Å². The summed E-state index contributed by atoms with van der Waals surface area (Å²) in [5.41, 5.74) is 1.29. The van der Waals surface area contributed by atoms with Gasteiger partial charge in [0.1, 0.15) is 0 Å². The average molecular weight is 222 g/mol. The number of pyridine rings is 1. The van der Waals surface area contributed by atoms with E-state index < -0.39 is 0 Å². The monoisotopic (exact) mass is 222 g/mol. The van der Waals surface area contributed by atoms with Crippen molar-refractivity contribution in [3.05, 3.63) is 30.1 Å². The van der Waals surface area contributed by atoms with Gasteiger partial charge < -0.3 is 5.32 Å². The number of nitrogens with one attached hydrogen (secondary N) is 1. The Morgan fingerprint density at radius 3 is 3.20 bits per heavy atom. The molecule has 1 aliphatic rings. The molecule has 1 saturated heterocycles. The molecule has 2 heterocycles. The van der Waals surface area contributed by atoms with Crippen LogP contribution in [0.15, 0.2) is 24.5 Å².